The molecule has 0 aliphatic heterocycles. The summed E-state index contributed by atoms with van der Waals surface area (Å²) in [5, 5.41) is 3.52. The molecule has 0 fully saturated rings. The summed E-state index contributed by atoms with van der Waals surface area (Å²) in [6.07, 6.45) is 0. The van der Waals surface area contributed by atoms with Crippen molar-refractivity contribution in [2.75, 3.05) is 5.32 Å². The lowest BCUT2D eigenvalue weighted by Crippen LogP contribution is -2.12. The number of aromatic nitrogens is 3. The predicted octanol–water partition coefficient (Wildman–Crippen LogP) is 4.07. The first-order valence-corrected chi connectivity index (χ1v) is 8.49. The maximum atomic E-state index is 12.3. The fourth-order valence-corrected chi connectivity index (χ4v) is 3.49. The number of nitrogens with zero attached hydrogens (tertiary/aromatic N) is 3. The summed E-state index contributed by atoms with van der Waals surface area (Å²) >= 11 is 2.77. The summed E-state index contributed by atoms with van der Waals surface area (Å²) < 4.78 is 5.18. The van der Waals surface area contributed by atoms with Crippen molar-refractivity contribution in [2.45, 2.75) is 0 Å². The molecular weight excluding hydrogens is 328 g/mol. The highest BCUT2D eigenvalue weighted by Crippen LogP contribution is 2.23. The Balaban J connectivity index is 1.55. The highest BCUT2D eigenvalue weighted by Gasteiger charge is 2.12. The number of carbonyl (C=O) groups is 1. The van der Waals surface area contributed by atoms with E-state index in [-0.39, 0.29) is 5.91 Å². The first-order valence-electron chi connectivity index (χ1n) is 6.83. The van der Waals surface area contributed by atoms with Gasteiger partial charge in [0.15, 0.2) is 0 Å². The molecule has 0 bridgehead atoms. The summed E-state index contributed by atoms with van der Waals surface area (Å²) in [6, 6.07) is 15.2. The van der Waals surface area contributed by atoms with E-state index in [9.17, 15) is 4.79 Å². The number of amides is 1. The van der Waals surface area contributed by atoms with Crippen molar-refractivity contribution in [1.29, 1.82) is 0 Å². The van der Waals surface area contributed by atoms with Gasteiger partial charge in [-0.25, -0.2) is 4.98 Å². The largest absolute Gasteiger partial charge is 0.290 e. The number of hydrogen-bond acceptors (Lipinski definition) is 6. The van der Waals surface area contributed by atoms with E-state index in [1.54, 1.807) is 11.6 Å². The Morgan fingerprint density at radius 3 is 2.83 bits per heavy atom. The summed E-state index contributed by atoms with van der Waals surface area (Å²) in [6.45, 7) is 0. The number of benzene rings is 2. The number of fused-ring (bicyclic) bond motifs is 1. The highest BCUT2D eigenvalue weighted by molar-refractivity contribution is 7.16. The molecule has 0 saturated heterocycles. The molecule has 1 amide bonds. The SMILES string of the molecule is O=C(Nc1nsc(-c2ccccc2)n1)c1ccc2ncsc2c1. The van der Waals surface area contributed by atoms with Crippen LogP contribution in [0.3, 0.4) is 0 Å². The summed E-state index contributed by atoms with van der Waals surface area (Å²) in [5.41, 5.74) is 4.21. The number of thiazole rings is 1. The normalized spacial score (nSPS) is 10.8. The second kappa shape index (κ2) is 5.86. The molecule has 2 heterocycles. The monoisotopic (exact) mass is 338 g/mol. The predicted molar refractivity (Wildman–Crippen MR) is 92.9 cm³/mol. The third-order valence-corrected chi connectivity index (χ3v) is 4.82. The zero-order valence-corrected chi connectivity index (χ0v) is 13.4. The van der Waals surface area contributed by atoms with Crippen LogP contribution in [-0.4, -0.2) is 20.2 Å². The van der Waals surface area contributed by atoms with Crippen LogP contribution in [0.25, 0.3) is 20.8 Å². The lowest BCUT2D eigenvalue weighted by Gasteiger charge is -2.00. The van der Waals surface area contributed by atoms with E-state index in [2.05, 4.69) is 19.7 Å². The van der Waals surface area contributed by atoms with Crippen LogP contribution >= 0.6 is 22.9 Å². The quantitative estimate of drug-likeness (QED) is 0.611. The Bertz CT molecular complexity index is 978. The first kappa shape index (κ1) is 14.0. The molecule has 0 saturated carbocycles. The molecule has 5 nitrogen and oxygen atoms in total. The van der Waals surface area contributed by atoms with Crippen molar-refractivity contribution >= 4 is 44.9 Å². The van der Waals surface area contributed by atoms with Crippen LogP contribution in [-0.2, 0) is 0 Å². The van der Waals surface area contributed by atoms with Gasteiger partial charge in [-0.3, -0.25) is 10.1 Å². The van der Waals surface area contributed by atoms with E-state index in [0.29, 0.717) is 11.5 Å². The summed E-state index contributed by atoms with van der Waals surface area (Å²) in [7, 11) is 0. The average Bonchev–Trinajstić information content (AvgIpc) is 3.24. The van der Waals surface area contributed by atoms with E-state index in [1.807, 2.05) is 42.5 Å². The topological polar surface area (TPSA) is 67.8 Å². The van der Waals surface area contributed by atoms with Crippen LogP contribution in [0.4, 0.5) is 5.95 Å². The lowest BCUT2D eigenvalue weighted by molar-refractivity contribution is 0.102. The van der Waals surface area contributed by atoms with Crippen molar-refractivity contribution in [2.24, 2.45) is 0 Å². The molecule has 112 valence electrons. The van der Waals surface area contributed by atoms with E-state index in [4.69, 9.17) is 0 Å². The van der Waals surface area contributed by atoms with Crippen molar-refractivity contribution in [3.8, 4) is 10.6 Å². The zero-order valence-electron chi connectivity index (χ0n) is 11.8. The van der Waals surface area contributed by atoms with Crippen LogP contribution in [0.1, 0.15) is 10.4 Å². The van der Waals surface area contributed by atoms with Crippen molar-refractivity contribution < 1.29 is 4.79 Å². The molecule has 2 aromatic heterocycles. The standard InChI is InChI=1S/C16H10N4OS2/c21-14(11-6-7-12-13(8-11)22-9-17-12)18-16-19-15(23-20-16)10-4-2-1-3-5-10/h1-9H,(H,18,20,21). The van der Waals surface area contributed by atoms with Gasteiger partial charge in [0.25, 0.3) is 5.91 Å². The van der Waals surface area contributed by atoms with E-state index in [0.717, 1.165) is 20.8 Å². The van der Waals surface area contributed by atoms with E-state index >= 15 is 0 Å². The van der Waals surface area contributed by atoms with Crippen LogP contribution in [0.5, 0.6) is 0 Å². The van der Waals surface area contributed by atoms with Gasteiger partial charge in [-0.05, 0) is 29.7 Å². The third-order valence-electron chi connectivity index (χ3n) is 3.27. The Morgan fingerprint density at radius 1 is 1.09 bits per heavy atom. The van der Waals surface area contributed by atoms with Gasteiger partial charge in [0.2, 0.25) is 5.95 Å². The molecule has 0 aliphatic carbocycles. The van der Waals surface area contributed by atoms with Crippen LogP contribution in [0.2, 0.25) is 0 Å². The molecule has 23 heavy (non-hydrogen) atoms. The molecular formula is C16H10N4OS2. The van der Waals surface area contributed by atoms with Crippen LogP contribution in [0.15, 0.2) is 54.0 Å². The molecule has 0 unspecified atom stereocenters. The second-order valence-electron chi connectivity index (χ2n) is 4.78. The van der Waals surface area contributed by atoms with Crippen molar-refractivity contribution in [3.05, 3.63) is 59.6 Å². The van der Waals surface area contributed by atoms with E-state index in [1.165, 1.54) is 22.9 Å². The van der Waals surface area contributed by atoms with Gasteiger partial charge >= 0.3 is 0 Å². The molecule has 2 aromatic carbocycles. The Kier molecular flexibility index (Phi) is 3.57. The Morgan fingerprint density at radius 2 is 1.96 bits per heavy atom. The average molecular weight is 338 g/mol. The lowest BCUT2D eigenvalue weighted by atomic mass is 10.2. The molecule has 0 radical (unpaired) electrons. The van der Waals surface area contributed by atoms with Gasteiger partial charge in [-0.2, -0.15) is 9.36 Å². The molecule has 0 aliphatic rings. The van der Waals surface area contributed by atoms with Gasteiger partial charge in [0.05, 0.1) is 15.7 Å². The second-order valence-corrected chi connectivity index (χ2v) is 6.42. The molecule has 1 N–H and O–H groups in total. The first-order chi connectivity index (χ1) is 11.3. The Hall–Kier alpha value is -2.64. The van der Waals surface area contributed by atoms with Gasteiger partial charge < -0.3 is 0 Å². The minimum Gasteiger partial charge on any atom is -0.290 e. The van der Waals surface area contributed by atoms with Gasteiger partial charge in [0, 0.05) is 11.1 Å². The summed E-state index contributed by atoms with van der Waals surface area (Å²) in [4.78, 5) is 20.9. The van der Waals surface area contributed by atoms with Crippen LogP contribution < -0.4 is 5.32 Å². The highest BCUT2D eigenvalue weighted by atomic mass is 32.1. The van der Waals surface area contributed by atoms with Gasteiger partial charge in [0.1, 0.15) is 5.01 Å². The van der Waals surface area contributed by atoms with Gasteiger partial charge in [-0.1, -0.05) is 30.3 Å². The minimum absolute atomic E-state index is 0.224. The number of hydrogen-bond donors (Lipinski definition) is 1. The number of nitrogens with one attached hydrogen (secondary N) is 1. The van der Waals surface area contributed by atoms with Crippen LogP contribution in [0, 0.1) is 0 Å². The number of carbonyl (C=O) groups excluding carboxylic acids is 1. The number of anilines is 1. The molecule has 4 rings (SSSR count). The molecule has 0 atom stereocenters. The van der Waals surface area contributed by atoms with E-state index < -0.39 is 0 Å². The Labute approximate surface area is 139 Å². The molecule has 0 spiro atoms. The minimum atomic E-state index is -0.224. The van der Waals surface area contributed by atoms with Gasteiger partial charge in [-0.15, -0.1) is 11.3 Å². The maximum absolute atomic E-state index is 12.3. The fourth-order valence-electron chi connectivity index (χ4n) is 2.14. The fraction of sp³-hybridized carbons (Fsp3) is 0. The van der Waals surface area contributed by atoms with Crippen molar-refractivity contribution in [3.63, 3.8) is 0 Å². The maximum Gasteiger partial charge on any atom is 0.258 e. The summed E-state index contributed by atoms with van der Waals surface area (Å²) in [5.74, 6) is 0.0981. The molecule has 4 aromatic rings. The zero-order chi connectivity index (χ0) is 15.6. The van der Waals surface area contributed by atoms with Crippen molar-refractivity contribution in [1.82, 2.24) is 14.3 Å². The molecule has 7 heteroatoms. The smallest absolute Gasteiger partial charge is 0.258 e. The third kappa shape index (κ3) is 2.84. The number of rotatable bonds is 3.